The van der Waals surface area contributed by atoms with E-state index < -0.39 is 0 Å². The van der Waals surface area contributed by atoms with Crippen LogP contribution in [0.3, 0.4) is 0 Å². The summed E-state index contributed by atoms with van der Waals surface area (Å²) in [5.41, 5.74) is 4.46. The van der Waals surface area contributed by atoms with Gasteiger partial charge in [0.05, 0.1) is 16.6 Å². The monoisotopic (exact) mass is 477 g/mol. The van der Waals surface area contributed by atoms with Gasteiger partial charge in [0.15, 0.2) is 5.13 Å². The molecule has 0 unspecified atom stereocenters. The summed E-state index contributed by atoms with van der Waals surface area (Å²) in [6.45, 7) is 10.0. The smallest absolute Gasteiger partial charge is 0.233 e. The Morgan fingerprint density at radius 3 is 2.35 bits per heavy atom. The zero-order valence-corrected chi connectivity index (χ0v) is 21.6. The van der Waals surface area contributed by atoms with Crippen LogP contribution in [-0.2, 0) is 11.2 Å². The highest BCUT2D eigenvalue weighted by molar-refractivity contribution is 7.99. The maximum Gasteiger partial charge on any atom is 0.233 e. The zero-order valence-electron chi connectivity index (χ0n) is 19.1. The molecule has 0 N–H and O–H groups in total. The second kappa shape index (κ2) is 11.3. The lowest BCUT2D eigenvalue weighted by atomic mass is 10.1. The van der Waals surface area contributed by atoms with Gasteiger partial charge >= 0.3 is 0 Å². The molecule has 168 valence electrons. The Morgan fingerprint density at radius 2 is 1.74 bits per heavy atom. The van der Waals surface area contributed by atoms with Crippen molar-refractivity contribution in [3.8, 4) is 0 Å². The van der Waals surface area contributed by atoms with Crippen molar-refractivity contribution >= 4 is 56.8 Å². The molecule has 0 saturated carbocycles. The third-order valence-corrected chi connectivity index (χ3v) is 7.09. The number of aromatic nitrogens is 1. The first-order valence-electron chi connectivity index (χ1n) is 10.3. The van der Waals surface area contributed by atoms with Crippen LogP contribution in [0.4, 0.5) is 5.13 Å². The summed E-state index contributed by atoms with van der Waals surface area (Å²) in [7, 11) is 4.05. The Morgan fingerprint density at radius 1 is 1.06 bits per heavy atom. The van der Waals surface area contributed by atoms with E-state index in [1.807, 2.05) is 30.8 Å². The number of aryl methyl sites for hydroxylation is 2. The van der Waals surface area contributed by atoms with E-state index in [2.05, 4.69) is 69.0 Å². The number of likely N-dealkylation sites (N-methyl/N-ethyl adjacent to an activating group) is 1. The van der Waals surface area contributed by atoms with Crippen LogP contribution >= 0.6 is 35.5 Å². The summed E-state index contributed by atoms with van der Waals surface area (Å²) < 4.78 is 1.13. The molecule has 0 bridgehead atoms. The number of hydrogen-bond acceptors (Lipinski definition) is 5. The van der Waals surface area contributed by atoms with Crippen molar-refractivity contribution in [2.24, 2.45) is 0 Å². The maximum atomic E-state index is 13.3. The van der Waals surface area contributed by atoms with Gasteiger partial charge in [0.1, 0.15) is 0 Å². The van der Waals surface area contributed by atoms with E-state index in [0.29, 0.717) is 18.2 Å². The van der Waals surface area contributed by atoms with Crippen LogP contribution in [0.15, 0.2) is 41.3 Å². The van der Waals surface area contributed by atoms with Crippen molar-refractivity contribution in [2.45, 2.75) is 44.3 Å². The molecule has 1 aromatic heterocycles. The number of nitrogens with zero attached hydrogens (tertiary/aromatic N) is 3. The Balaban J connectivity index is 0.00000341. The first-order chi connectivity index (χ1) is 14.2. The van der Waals surface area contributed by atoms with Crippen LogP contribution in [-0.4, -0.2) is 48.2 Å². The molecule has 31 heavy (non-hydrogen) atoms. The molecule has 0 aliphatic heterocycles. The van der Waals surface area contributed by atoms with Crippen molar-refractivity contribution in [2.75, 3.05) is 32.1 Å². The number of benzene rings is 2. The molecule has 3 aromatic rings. The standard InChI is InChI=1S/C24H31N3OS2.ClH/c1-16(2)29-20-10-8-19(9-11-20)15-22(28)27(14-13-26(5)6)24-25-23-18(4)17(3)7-12-21(23)30-24;/h7-12,16H,13-15H2,1-6H3;1H. The summed E-state index contributed by atoms with van der Waals surface area (Å²) in [4.78, 5) is 23.3. The molecule has 0 spiro atoms. The predicted octanol–water partition coefficient (Wildman–Crippen LogP) is 5.97. The van der Waals surface area contributed by atoms with E-state index in [4.69, 9.17) is 4.98 Å². The van der Waals surface area contributed by atoms with Gasteiger partial charge in [-0.1, -0.05) is 43.4 Å². The van der Waals surface area contributed by atoms with Gasteiger partial charge in [0.25, 0.3) is 0 Å². The number of anilines is 1. The summed E-state index contributed by atoms with van der Waals surface area (Å²) in [5, 5.41) is 1.34. The van der Waals surface area contributed by atoms with E-state index >= 15 is 0 Å². The molecule has 1 heterocycles. The number of halogens is 1. The average molecular weight is 478 g/mol. The fraction of sp³-hybridized carbons (Fsp3) is 0.417. The van der Waals surface area contributed by atoms with E-state index in [9.17, 15) is 4.79 Å². The van der Waals surface area contributed by atoms with E-state index in [1.165, 1.54) is 16.0 Å². The van der Waals surface area contributed by atoms with Crippen LogP contribution in [0.1, 0.15) is 30.5 Å². The lowest BCUT2D eigenvalue weighted by Gasteiger charge is -2.22. The molecule has 1 amide bonds. The minimum atomic E-state index is 0. The van der Waals surface area contributed by atoms with Crippen LogP contribution in [0.25, 0.3) is 10.2 Å². The van der Waals surface area contributed by atoms with Gasteiger partial charge < -0.3 is 4.90 Å². The van der Waals surface area contributed by atoms with Crippen molar-refractivity contribution in [1.82, 2.24) is 9.88 Å². The first kappa shape index (κ1) is 25.7. The Hall–Kier alpha value is -1.60. The minimum Gasteiger partial charge on any atom is -0.308 e. The van der Waals surface area contributed by atoms with Gasteiger partial charge in [-0.05, 0) is 62.8 Å². The summed E-state index contributed by atoms with van der Waals surface area (Å²) in [5.74, 6) is 0.0922. The lowest BCUT2D eigenvalue weighted by Crippen LogP contribution is -2.37. The molecule has 7 heteroatoms. The van der Waals surface area contributed by atoms with Crippen LogP contribution in [0, 0.1) is 13.8 Å². The third-order valence-electron chi connectivity index (χ3n) is 5.03. The first-order valence-corrected chi connectivity index (χ1v) is 12.0. The Kier molecular flexibility index (Phi) is 9.37. The number of hydrogen-bond donors (Lipinski definition) is 0. The number of thiazole rings is 1. The average Bonchev–Trinajstić information content (AvgIpc) is 3.10. The summed E-state index contributed by atoms with van der Waals surface area (Å²) >= 11 is 3.44. The normalized spacial score (nSPS) is 11.2. The van der Waals surface area contributed by atoms with Gasteiger partial charge in [-0.2, -0.15) is 0 Å². The van der Waals surface area contributed by atoms with Crippen LogP contribution in [0.5, 0.6) is 0 Å². The highest BCUT2D eigenvalue weighted by Gasteiger charge is 2.21. The molecule has 2 aromatic carbocycles. The molecule has 0 aliphatic rings. The quantitative estimate of drug-likeness (QED) is 0.374. The predicted molar refractivity (Wildman–Crippen MR) is 138 cm³/mol. The van der Waals surface area contributed by atoms with E-state index in [-0.39, 0.29) is 18.3 Å². The molecular formula is C24H32ClN3OS2. The van der Waals surface area contributed by atoms with Crippen LogP contribution in [0.2, 0.25) is 0 Å². The number of carbonyl (C=O) groups is 1. The van der Waals surface area contributed by atoms with Crippen LogP contribution < -0.4 is 4.90 Å². The number of thioether (sulfide) groups is 1. The molecular weight excluding hydrogens is 446 g/mol. The van der Waals surface area contributed by atoms with E-state index in [0.717, 1.165) is 27.5 Å². The van der Waals surface area contributed by atoms with Gasteiger partial charge in [-0.3, -0.25) is 9.69 Å². The number of fused-ring (bicyclic) bond motifs is 1. The van der Waals surface area contributed by atoms with Gasteiger partial charge in [0.2, 0.25) is 5.91 Å². The highest BCUT2D eigenvalue weighted by atomic mass is 35.5. The van der Waals surface area contributed by atoms with Crippen molar-refractivity contribution in [3.63, 3.8) is 0 Å². The SMILES string of the molecule is Cc1ccc2sc(N(CCN(C)C)C(=O)Cc3ccc(SC(C)C)cc3)nc2c1C.Cl. The molecule has 0 radical (unpaired) electrons. The summed E-state index contributed by atoms with van der Waals surface area (Å²) in [6.07, 6.45) is 0.383. The molecule has 3 rings (SSSR count). The van der Waals surface area contributed by atoms with Gasteiger partial charge in [0, 0.05) is 23.2 Å². The van der Waals surface area contributed by atoms with Crippen molar-refractivity contribution in [3.05, 3.63) is 53.1 Å². The van der Waals surface area contributed by atoms with Crippen molar-refractivity contribution < 1.29 is 4.79 Å². The second-order valence-electron chi connectivity index (χ2n) is 8.19. The lowest BCUT2D eigenvalue weighted by molar-refractivity contribution is -0.118. The fourth-order valence-electron chi connectivity index (χ4n) is 3.18. The Labute approximate surface area is 200 Å². The molecule has 0 saturated heterocycles. The molecule has 0 fully saturated rings. The molecule has 4 nitrogen and oxygen atoms in total. The topological polar surface area (TPSA) is 36.4 Å². The maximum absolute atomic E-state index is 13.3. The second-order valence-corrected chi connectivity index (χ2v) is 10.8. The zero-order chi connectivity index (χ0) is 21.8. The number of rotatable bonds is 8. The van der Waals surface area contributed by atoms with E-state index in [1.54, 1.807) is 11.3 Å². The van der Waals surface area contributed by atoms with Gasteiger partial charge in [-0.15, -0.1) is 24.2 Å². The fourth-order valence-corrected chi connectivity index (χ4v) is 5.09. The number of amides is 1. The largest absolute Gasteiger partial charge is 0.308 e. The molecule has 0 aliphatic carbocycles. The molecule has 0 atom stereocenters. The summed E-state index contributed by atoms with van der Waals surface area (Å²) in [6, 6.07) is 12.6. The Bertz CT molecular complexity index is 1020. The third kappa shape index (κ3) is 6.69. The van der Waals surface area contributed by atoms with Gasteiger partial charge in [-0.25, -0.2) is 4.98 Å². The minimum absolute atomic E-state index is 0. The van der Waals surface area contributed by atoms with Crippen molar-refractivity contribution in [1.29, 1.82) is 0 Å². The highest BCUT2D eigenvalue weighted by Crippen LogP contribution is 2.32. The number of carbonyl (C=O) groups excluding carboxylic acids is 1.